The molecule has 2 heterocycles. The van der Waals surface area contributed by atoms with Gasteiger partial charge in [-0.05, 0) is 56.8 Å². The second-order valence-corrected chi connectivity index (χ2v) is 11.5. The molecule has 1 aromatic rings. The summed E-state index contributed by atoms with van der Waals surface area (Å²) < 4.78 is 32.7. The molecule has 3 atom stereocenters. The fraction of sp³-hybridized carbons (Fsp3) is 0.783. The molecule has 1 aromatic heterocycles. The number of carbonyl (C=O) groups excluding carboxylic acids is 1. The molecular formula is C23H36N5O7P. The van der Waals surface area contributed by atoms with Crippen molar-refractivity contribution >= 4 is 32.2 Å². The molecule has 3 fully saturated rings. The molecule has 3 aliphatic carbocycles. The van der Waals surface area contributed by atoms with E-state index in [4.69, 9.17) is 19.5 Å². The minimum absolute atomic E-state index is 0.0406. The van der Waals surface area contributed by atoms with E-state index in [9.17, 15) is 14.5 Å². The number of nitrogens with two attached hydrogens (primary N) is 1. The van der Waals surface area contributed by atoms with Crippen molar-refractivity contribution in [2.24, 2.45) is 11.8 Å². The Labute approximate surface area is 211 Å². The molecular weight excluding hydrogens is 489 g/mol. The lowest BCUT2D eigenvalue weighted by Crippen LogP contribution is -2.41. The van der Waals surface area contributed by atoms with Crippen molar-refractivity contribution in [2.75, 3.05) is 48.8 Å². The minimum Gasteiger partial charge on any atom is -0.492 e. The van der Waals surface area contributed by atoms with Crippen LogP contribution in [-0.4, -0.2) is 66.4 Å². The molecule has 0 saturated heterocycles. The normalized spacial score (nSPS) is 25.8. The van der Waals surface area contributed by atoms with Crippen LogP contribution in [-0.2, 0) is 27.9 Å². The van der Waals surface area contributed by atoms with E-state index in [0.29, 0.717) is 55.8 Å². The van der Waals surface area contributed by atoms with Gasteiger partial charge in [-0.1, -0.05) is 12.8 Å². The summed E-state index contributed by atoms with van der Waals surface area (Å²) in [6, 6.07) is 0.388. The third kappa shape index (κ3) is 5.88. The highest BCUT2D eigenvalue weighted by Crippen LogP contribution is 2.48. The average molecular weight is 526 g/mol. The number of carbonyl (C=O) groups is 1. The van der Waals surface area contributed by atoms with Crippen LogP contribution in [0.25, 0.3) is 0 Å². The van der Waals surface area contributed by atoms with E-state index in [2.05, 4.69) is 24.5 Å². The van der Waals surface area contributed by atoms with Gasteiger partial charge < -0.3 is 34.6 Å². The quantitative estimate of drug-likeness (QED) is 0.169. The second kappa shape index (κ2) is 11.1. The number of nitrogen functional groups attached to an aromatic ring is 1. The van der Waals surface area contributed by atoms with Crippen LogP contribution in [0.1, 0.15) is 57.8 Å². The van der Waals surface area contributed by atoms with Gasteiger partial charge in [-0.3, -0.25) is 13.9 Å². The summed E-state index contributed by atoms with van der Waals surface area (Å²) in [7, 11) is -2.66. The maximum Gasteiger partial charge on any atom is 0.322 e. The molecule has 0 radical (unpaired) electrons. The Morgan fingerprint density at radius 3 is 2.58 bits per heavy atom. The van der Waals surface area contributed by atoms with Crippen LogP contribution in [0.2, 0.25) is 0 Å². The van der Waals surface area contributed by atoms with Crippen molar-refractivity contribution in [2.45, 2.75) is 69.4 Å². The second-order valence-electron chi connectivity index (χ2n) is 10.5. The summed E-state index contributed by atoms with van der Waals surface area (Å²) in [5.41, 5.74) is 6.38. The number of aromatic nitrogens is 2. The van der Waals surface area contributed by atoms with Crippen LogP contribution in [0.3, 0.4) is 0 Å². The molecule has 13 heteroatoms. The molecule has 3 N–H and O–H groups in total. The number of rotatable bonds is 13. The first-order chi connectivity index (χ1) is 17.5. The van der Waals surface area contributed by atoms with Crippen LogP contribution in [0.15, 0.2) is 0 Å². The van der Waals surface area contributed by atoms with E-state index in [-0.39, 0.29) is 30.7 Å². The average Bonchev–Trinajstić information content (AvgIpc) is 3.23. The maximum atomic E-state index is 11.7. The Morgan fingerprint density at radius 2 is 1.86 bits per heavy atom. The Bertz CT molecular complexity index is 959. The molecule has 0 bridgehead atoms. The smallest absolute Gasteiger partial charge is 0.322 e. The largest absolute Gasteiger partial charge is 0.492 e. The Balaban J connectivity index is 1.12. The summed E-state index contributed by atoms with van der Waals surface area (Å²) in [6.45, 7) is 2.30. The molecule has 3 unspecified atom stereocenters. The van der Waals surface area contributed by atoms with Crippen molar-refractivity contribution in [3.8, 4) is 5.88 Å². The molecule has 4 aliphatic rings. The summed E-state index contributed by atoms with van der Waals surface area (Å²) in [6.07, 6.45) is 9.60. The van der Waals surface area contributed by atoms with Crippen molar-refractivity contribution < 1.29 is 33.0 Å². The van der Waals surface area contributed by atoms with E-state index in [0.717, 1.165) is 44.9 Å². The number of fused-ring (bicyclic) bond motifs is 1. The third-order valence-corrected chi connectivity index (χ3v) is 8.61. The number of anilines is 3. The predicted molar refractivity (Wildman–Crippen MR) is 132 cm³/mol. The Morgan fingerprint density at radius 1 is 1.11 bits per heavy atom. The van der Waals surface area contributed by atoms with Gasteiger partial charge in [-0.25, -0.2) is 0 Å². The Kier molecular flexibility index (Phi) is 7.85. The Hall–Kier alpha value is -2.14. The lowest BCUT2D eigenvalue weighted by molar-refractivity contribution is -0.134. The third-order valence-electron chi connectivity index (χ3n) is 7.85. The molecule has 12 nitrogen and oxygen atoms in total. The zero-order valence-electron chi connectivity index (χ0n) is 20.5. The standard InChI is InChI=1S/C23H36N5O7P/c24-22-25-20-19(21(30)26-22)28(18-3-1-2-4-18)13-27(20)12-23(7-8-23)33-10-16-5-6-17(9-16)11-34-36(31)35-15-32-14-29/h14,16-18,36H,1-13,15H2,(H3,24,25,26,30). The van der Waals surface area contributed by atoms with Crippen molar-refractivity contribution in [3.63, 3.8) is 0 Å². The molecule has 36 heavy (non-hydrogen) atoms. The van der Waals surface area contributed by atoms with Gasteiger partial charge >= 0.3 is 8.25 Å². The van der Waals surface area contributed by atoms with Gasteiger partial charge in [0.1, 0.15) is 5.69 Å². The molecule has 0 spiro atoms. The highest BCUT2D eigenvalue weighted by Gasteiger charge is 2.49. The van der Waals surface area contributed by atoms with Crippen LogP contribution in [0.5, 0.6) is 5.88 Å². The molecule has 200 valence electrons. The van der Waals surface area contributed by atoms with Gasteiger partial charge in [0.05, 0.1) is 32.0 Å². The van der Waals surface area contributed by atoms with Gasteiger partial charge in [-0.15, -0.1) is 0 Å². The number of hydrogen-bond acceptors (Lipinski definition) is 12. The number of aromatic hydroxyl groups is 1. The number of nitrogens with zero attached hydrogens (tertiary/aromatic N) is 4. The molecule has 0 amide bonds. The van der Waals surface area contributed by atoms with Gasteiger partial charge in [0, 0.05) is 6.04 Å². The first-order valence-corrected chi connectivity index (χ1v) is 14.1. The predicted octanol–water partition coefficient (Wildman–Crippen LogP) is 2.81. The zero-order chi connectivity index (χ0) is 25.1. The van der Waals surface area contributed by atoms with Gasteiger partial charge in [0.2, 0.25) is 18.6 Å². The van der Waals surface area contributed by atoms with Gasteiger partial charge in [0.15, 0.2) is 5.82 Å². The van der Waals surface area contributed by atoms with E-state index >= 15 is 0 Å². The molecule has 1 aliphatic heterocycles. The van der Waals surface area contributed by atoms with Crippen molar-refractivity contribution in [1.82, 2.24) is 9.97 Å². The van der Waals surface area contributed by atoms with Crippen LogP contribution >= 0.6 is 8.25 Å². The number of hydrogen-bond donors (Lipinski definition) is 2. The van der Waals surface area contributed by atoms with Crippen LogP contribution in [0, 0.1) is 11.8 Å². The van der Waals surface area contributed by atoms with E-state index < -0.39 is 8.25 Å². The first kappa shape index (κ1) is 25.5. The highest BCUT2D eigenvalue weighted by molar-refractivity contribution is 7.33. The van der Waals surface area contributed by atoms with E-state index in [1.54, 1.807) is 0 Å². The van der Waals surface area contributed by atoms with E-state index in [1.807, 2.05) is 0 Å². The van der Waals surface area contributed by atoms with Crippen molar-refractivity contribution in [1.29, 1.82) is 0 Å². The van der Waals surface area contributed by atoms with E-state index in [1.165, 1.54) is 12.8 Å². The summed E-state index contributed by atoms with van der Waals surface area (Å²) in [5, 5.41) is 10.6. The summed E-state index contributed by atoms with van der Waals surface area (Å²) in [5.74, 6) is 1.49. The lowest BCUT2D eigenvalue weighted by Gasteiger charge is -2.29. The van der Waals surface area contributed by atoms with Crippen LogP contribution < -0.4 is 15.5 Å². The number of ether oxygens (including phenoxy) is 2. The fourth-order valence-corrected chi connectivity index (χ4v) is 6.45. The van der Waals surface area contributed by atoms with Crippen LogP contribution in [0.4, 0.5) is 17.5 Å². The molecule has 3 saturated carbocycles. The SMILES string of the molecule is Nc1nc(O)c2c(n1)N(CC1(OCC3CCC(CO[PH](=O)OCOC=O)C3)CC1)CN2C1CCCC1. The fourth-order valence-electron chi connectivity index (χ4n) is 5.83. The summed E-state index contributed by atoms with van der Waals surface area (Å²) >= 11 is 0. The summed E-state index contributed by atoms with van der Waals surface area (Å²) in [4.78, 5) is 23.1. The van der Waals surface area contributed by atoms with Gasteiger partial charge in [-0.2, -0.15) is 9.97 Å². The maximum absolute atomic E-state index is 11.7. The first-order valence-electron chi connectivity index (χ1n) is 12.8. The highest BCUT2D eigenvalue weighted by atomic mass is 31.1. The monoisotopic (exact) mass is 525 g/mol. The minimum atomic E-state index is -2.66. The molecule has 5 rings (SSSR count). The lowest BCUT2D eigenvalue weighted by atomic mass is 10.1. The van der Waals surface area contributed by atoms with Gasteiger partial charge in [0.25, 0.3) is 6.47 Å². The molecule has 0 aromatic carbocycles. The topological polar surface area (TPSA) is 150 Å². The zero-order valence-corrected chi connectivity index (χ0v) is 21.5. The van der Waals surface area contributed by atoms with Crippen molar-refractivity contribution in [3.05, 3.63) is 0 Å².